The number of carbonyl (C=O) groups excluding carboxylic acids is 1. The number of hydrogen-bond donors (Lipinski definition) is 2. The van der Waals surface area contributed by atoms with Crippen molar-refractivity contribution in [3.8, 4) is 0 Å². The summed E-state index contributed by atoms with van der Waals surface area (Å²) in [6, 6.07) is 8.06. The van der Waals surface area contributed by atoms with E-state index in [4.69, 9.17) is 0 Å². The van der Waals surface area contributed by atoms with Gasteiger partial charge in [-0.1, -0.05) is 17.7 Å². The van der Waals surface area contributed by atoms with Crippen molar-refractivity contribution in [2.24, 2.45) is 0 Å². The first-order valence-electron chi connectivity index (χ1n) is 6.34. The Labute approximate surface area is 103 Å². The Hall–Kier alpha value is -1.35. The van der Waals surface area contributed by atoms with Gasteiger partial charge in [-0.15, -0.1) is 0 Å². The molecular formula is C14H20N2O. The van der Waals surface area contributed by atoms with E-state index in [0.29, 0.717) is 6.04 Å². The molecule has 3 heteroatoms. The molecule has 1 saturated heterocycles. The maximum Gasteiger partial charge on any atom is 0.251 e. The van der Waals surface area contributed by atoms with Crippen LogP contribution in [0.15, 0.2) is 24.3 Å². The van der Waals surface area contributed by atoms with Crippen molar-refractivity contribution in [2.45, 2.75) is 32.2 Å². The summed E-state index contributed by atoms with van der Waals surface area (Å²) in [6.07, 6.45) is 3.24. The summed E-state index contributed by atoms with van der Waals surface area (Å²) in [4.78, 5) is 12.0. The molecule has 1 aromatic carbocycles. The average Bonchev–Trinajstić information content (AvgIpc) is 2.57. The van der Waals surface area contributed by atoms with Crippen LogP contribution in [-0.4, -0.2) is 25.0 Å². The predicted octanol–water partition coefficient (Wildman–Crippen LogP) is 1.87. The van der Waals surface area contributed by atoms with E-state index in [-0.39, 0.29) is 5.91 Å². The van der Waals surface area contributed by atoms with Crippen LogP contribution < -0.4 is 10.6 Å². The normalized spacial score (nSPS) is 20.6. The summed E-state index contributed by atoms with van der Waals surface area (Å²) < 4.78 is 0. The lowest BCUT2D eigenvalue weighted by Gasteiger charge is -2.16. The summed E-state index contributed by atoms with van der Waals surface area (Å²) in [6.45, 7) is 4.07. The highest BCUT2D eigenvalue weighted by atomic mass is 16.1. The zero-order valence-corrected chi connectivity index (χ0v) is 10.3. The molecule has 0 bridgehead atoms. The van der Waals surface area contributed by atoms with Crippen LogP contribution in [0.2, 0.25) is 0 Å². The van der Waals surface area contributed by atoms with Crippen LogP contribution in [0.4, 0.5) is 0 Å². The second kappa shape index (κ2) is 5.82. The number of hydrogen-bond acceptors (Lipinski definition) is 2. The van der Waals surface area contributed by atoms with Gasteiger partial charge in [0.05, 0.1) is 0 Å². The first-order chi connectivity index (χ1) is 8.25. The van der Waals surface area contributed by atoms with Crippen molar-refractivity contribution in [1.82, 2.24) is 10.6 Å². The molecule has 0 saturated carbocycles. The molecule has 1 fully saturated rings. The molecule has 1 aliphatic heterocycles. The topological polar surface area (TPSA) is 41.1 Å². The van der Waals surface area contributed by atoms with Gasteiger partial charge in [0.1, 0.15) is 0 Å². The number of rotatable bonds is 2. The van der Waals surface area contributed by atoms with Gasteiger partial charge < -0.3 is 10.6 Å². The summed E-state index contributed by atoms with van der Waals surface area (Å²) in [7, 11) is 0. The van der Waals surface area contributed by atoms with Crippen LogP contribution in [0.1, 0.15) is 35.2 Å². The Morgan fingerprint density at radius 2 is 2.24 bits per heavy atom. The minimum absolute atomic E-state index is 0.0561. The van der Waals surface area contributed by atoms with Gasteiger partial charge in [-0.3, -0.25) is 4.79 Å². The average molecular weight is 232 g/mol. The van der Waals surface area contributed by atoms with Crippen molar-refractivity contribution in [3.63, 3.8) is 0 Å². The molecule has 2 N–H and O–H groups in total. The Kier molecular flexibility index (Phi) is 4.15. The Balaban J connectivity index is 1.96. The lowest BCUT2D eigenvalue weighted by Crippen LogP contribution is -2.35. The van der Waals surface area contributed by atoms with Gasteiger partial charge in [0, 0.05) is 11.6 Å². The summed E-state index contributed by atoms with van der Waals surface area (Å²) in [5, 5.41) is 6.47. The second-order valence-corrected chi connectivity index (χ2v) is 4.72. The summed E-state index contributed by atoms with van der Waals surface area (Å²) >= 11 is 0. The van der Waals surface area contributed by atoms with Gasteiger partial charge in [0.25, 0.3) is 5.91 Å². The first kappa shape index (κ1) is 12.1. The van der Waals surface area contributed by atoms with Gasteiger partial charge in [-0.2, -0.15) is 0 Å². The van der Waals surface area contributed by atoms with Crippen molar-refractivity contribution < 1.29 is 4.79 Å². The Bertz CT molecular complexity index is 382. The molecule has 1 amide bonds. The Morgan fingerprint density at radius 1 is 1.35 bits per heavy atom. The molecule has 0 radical (unpaired) electrons. The minimum atomic E-state index is 0.0561. The molecule has 0 spiro atoms. The highest BCUT2D eigenvalue weighted by molar-refractivity contribution is 5.94. The molecule has 3 nitrogen and oxygen atoms in total. The quantitative estimate of drug-likeness (QED) is 0.817. The third-order valence-electron chi connectivity index (χ3n) is 3.19. The van der Waals surface area contributed by atoms with Gasteiger partial charge in [0.2, 0.25) is 0 Å². The van der Waals surface area contributed by atoms with E-state index in [1.54, 1.807) is 0 Å². The largest absolute Gasteiger partial charge is 0.349 e. The van der Waals surface area contributed by atoms with Crippen LogP contribution in [-0.2, 0) is 0 Å². The monoisotopic (exact) mass is 232 g/mol. The highest BCUT2D eigenvalue weighted by Crippen LogP contribution is 2.08. The fraction of sp³-hybridized carbons (Fsp3) is 0.500. The van der Waals surface area contributed by atoms with E-state index in [0.717, 1.165) is 43.5 Å². The first-order valence-corrected chi connectivity index (χ1v) is 6.34. The number of amides is 1. The molecule has 1 aromatic rings. The van der Waals surface area contributed by atoms with Crippen molar-refractivity contribution in [1.29, 1.82) is 0 Å². The third kappa shape index (κ3) is 3.56. The van der Waals surface area contributed by atoms with Gasteiger partial charge in [-0.05, 0) is 51.4 Å². The van der Waals surface area contributed by atoms with E-state index in [1.807, 2.05) is 31.2 Å². The van der Waals surface area contributed by atoms with E-state index in [9.17, 15) is 4.79 Å². The fourth-order valence-electron chi connectivity index (χ4n) is 2.22. The fourth-order valence-corrected chi connectivity index (χ4v) is 2.22. The van der Waals surface area contributed by atoms with Crippen LogP contribution in [0.3, 0.4) is 0 Å². The van der Waals surface area contributed by atoms with Crippen LogP contribution >= 0.6 is 0 Å². The summed E-state index contributed by atoms with van der Waals surface area (Å²) in [5.74, 6) is 0.0561. The number of carbonyl (C=O) groups is 1. The van der Waals surface area contributed by atoms with Gasteiger partial charge in [-0.25, -0.2) is 0 Å². The van der Waals surface area contributed by atoms with Crippen LogP contribution in [0.25, 0.3) is 0 Å². The molecule has 1 aliphatic rings. The predicted molar refractivity (Wildman–Crippen MR) is 69.2 cm³/mol. The number of nitrogens with one attached hydrogen (secondary N) is 2. The van der Waals surface area contributed by atoms with Crippen LogP contribution in [0.5, 0.6) is 0 Å². The maximum absolute atomic E-state index is 12.0. The van der Waals surface area contributed by atoms with E-state index < -0.39 is 0 Å². The smallest absolute Gasteiger partial charge is 0.251 e. The third-order valence-corrected chi connectivity index (χ3v) is 3.19. The second-order valence-electron chi connectivity index (χ2n) is 4.72. The summed E-state index contributed by atoms with van der Waals surface area (Å²) in [5.41, 5.74) is 1.89. The highest BCUT2D eigenvalue weighted by Gasteiger charge is 2.15. The van der Waals surface area contributed by atoms with E-state index >= 15 is 0 Å². The molecular weight excluding hydrogens is 212 g/mol. The molecule has 0 aromatic heterocycles. The molecule has 0 aliphatic carbocycles. The molecule has 1 unspecified atom stereocenters. The lowest BCUT2D eigenvalue weighted by molar-refractivity contribution is 0.0934. The standard InChI is InChI=1S/C14H20N2O/c1-11-4-2-5-12(10-11)14(17)16-13-6-3-8-15-9-7-13/h2,4-5,10,13,15H,3,6-9H2,1H3,(H,16,17). The molecule has 1 heterocycles. The zero-order chi connectivity index (χ0) is 12.1. The van der Waals surface area contributed by atoms with Crippen LogP contribution in [0, 0.1) is 6.92 Å². The SMILES string of the molecule is Cc1cccc(C(=O)NC2CCCNCC2)c1. The molecule has 17 heavy (non-hydrogen) atoms. The zero-order valence-electron chi connectivity index (χ0n) is 10.3. The Morgan fingerprint density at radius 3 is 3.06 bits per heavy atom. The van der Waals surface area contributed by atoms with E-state index in [2.05, 4.69) is 10.6 Å². The number of benzene rings is 1. The van der Waals surface area contributed by atoms with Gasteiger partial charge in [0.15, 0.2) is 0 Å². The molecule has 2 rings (SSSR count). The van der Waals surface area contributed by atoms with Crippen molar-refractivity contribution in [3.05, 3.63) is 35.4 Å². The minimum Gasteiger partial charge on any atom is -0.349 e. The molecule has 1 atom stereocenters. The van der Waals surface area contributed by atoms with Crippen molar-refractivity contribution in [2.75, 3.05) is 13.1 Å². The van der Waals surface area contributed by atoms with Crippen molar-refractivity contribution >= 4 is 5.91 Å². The van der Waals surface area contributed by atoms with E-state index in [1.165, 1.54) is 0 Å². The lowest BCUT2D eigenvalue weighted by atomic mass is 10.1. The number of aryl methyl sites for hydroxylation is 1. The maximum atomic E-state index is 12.0. The molecule has 92 valence electrons. The van der Waals surface area contributed by atoms with Gasteiger partial charge >= 0.3 is 0 Å².